The number of para-hydroxylation sites is 2. The van der Waals surface area contributed by atoms with Gasteiger partial charge in [0.15, 0.2) is 0 Å². The fraction of sp³-hybridized carbons (Fsp3) is 0. The summed E-state index contributed by atoms with van der Waals surface area (Å²) in [6.07, 6.45) is 0. The van der Waals surface area contributed by atoms with E-state index >= 15 is 0 Å². The molecule has 2 rings (SSSR count). The minimum absolute atomic E-state index is 0.0312. The van der Waals surface area contributed by atoms with E-state index in [9.17, 15) is 9.90 Å². The molecule has 18 heavy (non-hydrogen) atoms. The van der Waals surface area contributed by atoms with E-state index < -0.39 is 6.03 Å². The number of nitrogens with two attached hydrogens (primary N) is 1. The molecule has 5 heteroatoms. The number of urea groups is 1. The van der Waals surface area contributed by atoms with Crippen molar-refractivity contribution in [2.45, 2.75) is 0 Å². The number of carbonyl (C=O) groups is 1. The third kappa shape index (κ3) is 2.38. The van der Waals surface area contributed by atoms with Gasteiger partial charge < -0.3 is 10.8 Å². The Morgan fingerprint density at radius 3 is 2.50 bits per heavy atom. The molecule has 4 nitrogen and oxygen atoms in total. The summed E-state index contributed by atoms with van der Waals surface area (Å²) in [4.78, 5) is 12.8. The zero-order valence-corrected chi connectivity index (χ0v) is 10.1. The van der Waals surface area contributed by atoms with Crippen LogP contribution >= 0.6 is 11.6 Å². The summed E-state index contributed by atoms with van der Waals surface area (Å²) in [5, 5.41) is 10.3. The Morgan fingerprint density at radius 1 is 1.17 bits per heavy atom. The Hall–Kier alpha value is -2.20. The van der Waals surface area contributed by atoms with Crippen LogP contribution in [0.1, 0.15) is 0 Å². The molecule has 0 saturated carbocycles. The predicted molar refractivity (Wildman–Crippen MR) is 71.3 cm³/mol. The van der Waals surface area contributed by atoms with E-state index in [0.29, 0.717) is 16.4 Å². The molecule has 0 aliphatic heterocycles. The van der Waals surface area contributed by atoms with Crippen LogP contribution in [-0.2, 0) is 0 Å². The lowest BCUT2D eigenvalue weighted by molar-refractivity contribution is 0.256. The lowest BCUT2D eigenvalue weighted by Crippen LogP contribution is -2.31. The van der Waals surface area contributed by atoms with Crippen molar-refractivity contribution in [2.75, 3.05) is 4.90 Å². The van der Waals surface area contributed by atoms with Crippen LogP contribution in [0.25, 0.3) is 0 Å². The zero-order valence-electron chi connectivity index (χ0n) is 9.38. The van der Waals surface area contributed by atoms with Crippen molar-refractivity contribution in [3.63, 3.8) is 0 Å². The van der Waals surface area contributed by atoms with Crippen LogP contribution in [0.2, 0.25) is 5.02 Å². The fourth-order valence-corrected chi connectivity index (χ4v) is 1.84. The first-order valence-corrected chi connectivity index (χ1v) is 5.60. The molecule has 0 fully saturated rings. The van der Waals surface area contributed by atoms with Crippen molar-refractivity contribution in [1.29, 1.82) is 0 Å². The number of aromatic hydroxyl groups is 1. The van der Waals surface area contributed by atoms with Gasteiger partial charge in [0.05, 0.1) is 11.4 Å². The molecule has 2 amide bonds. The molecule has 2 aromatic carbocycles. The highest BCUT2D eigenvalue weighted by Crippen LogP contribution is 2.33. The molecule has 0 bridgehead atoms. The number of carbonyl (C=O) groups excluding carboxylic acids is 1. The summed E-state index contributed by atoms with van der Waals surface area (Å²) in [7, 11) is 0. The molecular formula is C13H11ClN2O2. The van der Waals surface area contributed by atoms with Crippen LogP contribution in [0, 0.1) is 0 Å². The van der Waals surface area contributed by atoms with Gasteiger partial charge in [-0.1, -0.05) is 29.8 Å². The number of anilines is 2. The van der Waals surface area contributed by atoms with Gasteiger partial charge in [0, 0.05) is 5.02 Å². The average Bonchev–Trinajstić information content (AvgIpc) is 2.32. The van der Waals surface area contributed by atoms with E-state index in [1.807, 2.05) is 0 Å². The molecule has 3 N–H and O–H groups in total. The lowest BCUT2D eigenvalue weighted by atomic mass is 10.2. The first kappa shape index (κ1) is 12.3. The normalized spacial score (nSPS) is 10.1. The number of amides is 2. The number of hydrogen-bond donors (Lipinski definition) is 2. The van der Waals surface area contributed by atoms with Crippen LogP contribution in [0.5, 0.6) is 5.75 Å². The van der Waals surface area contributed by atoms with Gasteiger partial charge in [-0.05, 0) is 30.3 Å². The third-order valence-electron chi connectivity index (χ3n) is 2.41. The van der Waals surface area contributed by atoms with Gasteiger partial charge in [0.1, 0.15) is 5.75 Å². The van der Waals surface area contributed by atoms with E-state index in [1.54, 1.807) is 42.5 Å². The monoisotopic (exact) mass is 262 g/mol. The number of phenols is 1. The summed E-state index contributed by atoms with van der Waals surface area (Å²) in [6.45, 7) is 0. The van der Waals surface area contributed by atoms with E-state index in [0.717, 1.165) is 0 Å². The number of hydrogen-bond acceptors (Lipinski definition) is 2. The maximum Gasteiger partial charge on any atom is 0.324 e. The molecular weight excluding hydrogens is 252 g/mol. The number of phenolic OH excluding ortho intramolecular Hbond substituents is 1. The van der Waals surface area contributed by atoms with Crippen molar-refractivity contribution in [3.8, 4) is 5.75 Å². The van der Waals surface area contributed by atoms with E-state index in [4.69, 9.17) is 17.3 Å². The number of benzene rings is 2. The van der Waals surface area contributed by atoms with E-state index in [-0.39, 0.29) is 5.75 Å². The van der Waals surface area contributed by atoms with Gasteiger partial charge in [-0.3, -0.25) is 4.90 Å². The Kier molecular flexibility index (Phi) is 3.39. The second-order valence-electron chi connectivity index (χ2n) is 3.64. The minimum Gasteiger partial charge on any atom is -0.506 e. The van der Waals surface area contributed by atoms with E-state index in [2.05, 4.69) is 0 Å². The number of primary amides is 1. The minimum atomic E-state index is -0.696. The number of halogens is 1. The SMILES string of the molecule is NC(=O)N(c1cccc(Cl)c1)c1ccccc1O. The molecule has 0 heterocycles. The smallest absolute Gasteiger partial charge is 0.324 e. The lowest BCUT2D eigenvalue weighted by Gasteiger charge is -2.21. The summed E-state index contributed by atoms with van der Waals surface area (Å²) >= 11 is 5.88. The van der Waals surface area contributed by atoms with Gasteiger partial charge in [-0.2, -0.15) is 0 Å². The second kappa shape index (κ2) is 4.98. The summed E-state index contributed by atoms with van der Waals surface area (Å²) in [5.41, 5.74) is 6.16. The summed E-state index contributed by atoms with van der Waals surface area (Å²) in [6, 6.07) is 12.4. The molecule has 0 aliphatic carbocycles. The number of rotatable bonds is 2. The predicted octanol–water partition coefficient (Wildman–Crippen LogP) is 3.26. The molecule has 92 valence electrons. The highest BCUT2D eigenvalue weighted by molar-refractivity contribution is 6.31. The van der Waals surface area contributed by atoms with Gasteiger partial charge in [-0.25, -0.2) is 4.79 Å². The molecule has 2 aromatic rings. The highest BCUT2D eigenvalue weighted by atomic mass is 35.5. The summed E-state index contributed by atoms with van der Waals surface area (Å²) < 4.78 is 0. The first-order chi connectivity index (χ1) is 8.59. The Labute approximate surface area is 109 Å². The molecule has 0 atom stereocenters. The van der Waals surface area contributed by atoms with Gasteiger partial charge >= 0.3 is 6.03 Å². The van der Waals surface area contributed by atoms with Crippen LogP contribution in [0.3, 0.4) is 0 Å². The topological polar surface area (TPSA) is 66.6 Å². The average molecular weight is 263 g/mol. The Balaban J connectivity index is 2.54. The zero-order chi connectivity index (χ0) is 13.1. The first-order valence-electron chi connectivity index (χ1n) is 5.22. The highest BCUT2D eigenvalue weighted by Gasteiger charge is 2.18. The van der Waals surface area contributed by atoms with Crippen molar-refractivity contribution in [1.82, 2.24) is 0 Å². The Bertz CT molecular complexity index is 587. The van der Waals surface area contributed by atoms with E-state index in [1.165, 1.54) is 11.0 Å². The standard InChI is InChI=1S/C13H11ClN2O2/c14-9-4-3-5-10(8-9)16(13(15)18)11-6-1-2-7-12(11)17/h1-8,17H,(H2,15,18). The van der Waals surface area contributed by atoms with Crippen LogP contribution < -0.4 is 10.6 Å². The molecule has 0 radical (unpaired) electrons. The molecule has 0 aromatic heterocycles. The molecule has 0 saturated heterocycles. The number of nitrogens with zero attached hydrogens (tertiary/aromatic N) is 1. The van der Waals surface area contributed by atoms with Crippen LogP contribution in [0.4, 0.5) is 16.2 Å². The van der Waals surface area contributed by atoms with Crippen molar-refractivity contribution < 1.29 is 9.90 Å². The molecule has 0 unspecified atom stereocenters. The maximum atomic E-state index is 11.6. The second-order valence-corrected chi connectivity index (χ2v) is 4.08. The molecule has 0 spiro atoms. The van der Waals surface area contributed by atoms with Crippen LogP contribution in [0.15, 0.2) is 48.5 Å². The largest absolute Gasteiger partial charge is 0.506 e. The molecule has 0 aliphatic rings. The Morgan fingerprint density at radius 2 is 1.89 bits per heavy atom. The third-order valence-corrected chi connectivity index (χ3v) is 2.64. The van der Waals surface area contributed by atoms with Crippen molar-refractivity contribution in [3.05, 3.63) is 53.6 Å². The maximum absolute atomic E-state index is 11.6. The van der Waals surface area contributed by atoms with Gasteiger partial charge in [-0.15, -0.1) is 0 Å². The van der Waals surface area contributed by atoms with Crippen molar-refractivity contribution in [2.24, 2.45) is 5.73 Å². The van der Waals surface area contributed by atoms with Gasteiger partial charge in [0.2, 0.25) is 0 Å². The van der Waals surface area contributed by atoms with Gasteiger partial charge in [0.25, 0.3) is 0 Å². The fourth-order valence-electron chi connectivity index (χ4n) is 1.65. The summed E-state index contributed by atoms with van der Waals surface area (Å²) in [5.74, 6) is -0.0312. The quantitative estimate of drug-likeness (QED) is 0.872. The van der Waals surface area contributed by atoms with Crippen LogP contribution in [-0.4, -0.2) is 11.1 Å². The van der Waals surface area contributed by atoms with Crippen molar-refractivity contribution >= 4 is 29.0 Å².